The van der Waals surface area contributed by atoms with Gasteiger partial charge in [0.25, 0.3) is 0 Å². The molecule has 29 heavy (non-hydrogen) atoms. The van der Waals surface area contributed by atoms with Crippen molar-refractivity contribution in [2.24, 2.45) is 0 Å². The maximum absolute atomic E-state index is 12.8. The second-order valence-corrected chi connectivity index (χ2v) is 6.76. The lowest BCUT2D eigenvalue weighted by atomic mass is 10.0. The summed E-state index contributed by atoms with van der Waals surface area (Å²) < 4.78 is 0. The molecule has 0 fully saturated rings. The van der Waals surface area contributed by atoms with Crippen LogP contribution in [0.4, 0.5) is 11.4 Å². The molecule has 0 unspecified atom stereocenters. The standard InChI is InChI=1S/C23H18ClN3O2/c24-18-8-11-21(20(14-18)23(29)17-4-2-1-3-5-17)26-15-22(28)27-19-9-6-16(7-10-19)12-13-25/h1-11,14,26H,12,15H2,(H,27,28). The monoisotopic (exact) mass is 403 g/mol. The molecule has 5 nitrogen and oxygen atoms in total. The highest BCUT2D eigenvalue weighted by Gasteiger charge is 2.15. The number of benzene rings is 3. The molecule has 0 aliphatic carbocycles. The fourth-order valence-electron chi connectivity index (χ4n) is 2.78. The summed E-state index contributed by atoms with van der Waals surface area (Å²) in [4.78, 5) is 25.1. The largest absolute Gasteiger partial charge is 0.376 e. The van der Waals surface area contributed by atoms with E-state index in [1.165, 1.54) is 0 Å². The van der Waals surface area contributed by atoms with Gasteiger partial charge in [-0.05, 0) is 35.9 Å². The lowest BCUT2D eigenvalue weighted by molar-refractivity contribution is -0.114. The molecule has 0 atom stereocenters. The molecule has 0 spiro atoms. The molecular weight excluding hydrogens is 386 g/mol. The summed E-state index contributed by atoms with van der Waals surface area (Å²) in [6, 6.07) is 23.0. The third-order valence-electron chi connectivity index (χ3n) is 4.22. The van der Waals surface area contributed by atoms with Gasteiger partial charge in [-0.15, -0.1) is 0 Å². The molecule has 0 aliphatic heterocycles. The van der Waals surface area contributed by atoms with E-state index in [1.54, 1.807) is 66.7 Å². The van der Waals surface area contributed by atoms with Crippen LogP contribution in [0.3, 0.4) is 0 Å². The number of hydrogen-bond donors (Lipinski definition) is 2. The Morgan fingerprint density at radius 1 is 0.966 bits per heavy atom. The average Bonchev–Trinajstić information content (AvgIpc) is 2.74. The Kier molecular flexibility index (Phi) is 6.62. The maximum atomic E-state index is 12.8. The van der Waals surface area contributed by atoms with Crippen LogP contribution in [0.1, 0.15) is 21.5 Å². The van der Waals surface area contributed by atoms with Crippen LogP contribution < -0.4 is 10.6 Å². The van der Waals surface area contributed by atoms with E-state index in [2.05, 4.69) is 16.7 Å². The Labute approximate surface area is 173 Å². The van der Waals surface area contributed by atoms with E-state index in [0.29, 0.717) is 33.9 Å². The topological polar surface area (TPSA) is 82.0 Å². The first-order chi connectivity index (χ1) is 14.1. The third kappa shape index (κ3) is 5.44. The smallest absolute Gasteiger partial charge is 0.243 e. The van der Waals surface area contributed by atoms with Gasteiger partial charge in [-0.1, -0.05) is 54.1 Å². The molecule has 0 heterocycles. The van der Waals surface area contributed by atoms with Crippen LogP contribution >= 0.6 is 11.6 Å². The van der Waals surface area contributed by atoms with Gasteiger partial charge >= 0.3 is 0 Å². The summed E-state index contributed by atoms with van der Waals surface area (Å²) >= 11 is 6.07. The summed E-state index contributed by atoms with van der Waals surface area (Å²) in [6.45, 7) is -0.0172. The van der Waals surface area contributed by atoms with Gasteiger partial charge in [0, 0.05) is 27.5 Å². The Morgan fingerprint density at radius 3 is 2.38 bits per heavy atom. The molecule has 0 aromatic heterocycles. The van der Waals surface area contributed by atoms with Crippen molar-refractivity contribution >= 4 is 34.7 Å². The highest BCUT2D eigenvalue weighted by molar-refractivity contribution is 6.31. The van der Waals surface area contributed by atoms with E-state index in [4.69, 9.17) is 16.9 Å². The van der Waals surface area contributed by atoms with Crippen molar-refractivity contribution in [3.63, 3.8) is 0 Å². The first-order valence-corrected chi connectivity index (χ1v) is 9.33. The number of hydrogen-bond acceptors (Lipinski definition) is 4. The molecule has 0 saturated heterocycles. The number of amides is 1. The molecule has 0 bridgehead atoms. The second kappa shape index (κ2) is 9.54. The molecule has 3 aromatic rings. The van der Waals surface area contributed by atoms with Crippen molar-refractivity contribution in [3.8, 4) is 6.07 Å². The number of nitriles is 1. The van der Waals surface area contributed by atoms with Crippen LogP contribution in [0.15, 0.2) is 72.8 Å². The fourth-order valence-corrected chi connectivity index (χ4v) is 2.95. The van der Waals surface area contributed by atoms with Crippen LogP contribution in [0, 0.1) is 11.3 Å². The van der Waals surface area contributed by atoms with Crippen molar-refractivity contribution in [3.05, 3.63) is 94.5 Å². The predicted molar refractivity (Wildman–Crippen MR) is 114 cm³/mol. The summed E-state index contributed by atoms with van der Waals surface area (Å²) in [7, 11) is 0. The van der Waals surface area contributed by atoms with Crippen molar-refractivity contribution < 1.29 is 9.59 Å². The van der Waals surface area contributed by atoms with Crippen LogP contribution in [-0.2, 0) is 11.2 Å². The minimum Gasteiger partial charge on any atom is -0.376 e. The minimum atomic E-state index is -0.258. The highest BCUT2D eigenvalue weighted by Crippen LogP contribution is 2.23. The number of nitrogens with one attached hydrogen (secondary N) is 2. The zero-order valence-electron chi connectivity index (χ0n) is 15.5. The zero-order valence-corrected chi connectivity index (χ0v) is 16.2. The Morgan fingerprint density at radius 2 is 1.69 bits per heavy atom. The van der Waals surface area contributed by atoms with Crippen LogP contribution in [-0.4, -0.2) is 18.2 Å². The molecular formula is C23H18ClN3O2. The van der Waals surface area contributed by atoms with E-state index in [-0.39, 0.29) is 18.2 Å². The number of carbonyl (C=O) groups is 2. The molecule has 0 aliphatic rings. The average molecular weight is 404 g/mol. The highest BCUT2D eigenvalue weighted by atomic mass is 35.5. The van der Waals surface area contributed by atoms with E-state index in [9.17, 15) is 9.59 Å². The number of rotatable bonds is 7. The van der Waals surface area contributed by atoms with E-state index < -0.39 is 0 Å². The Bertz CT molecular complexity index is 1060. The first-order valence-electron chi connectivity index (χ1n) is 8.96. The predicted octanol–water partition coefficient (Wildman–Crippen LogP) is 4.69. The summed E-state index contributed by atoms with van der Waals surface area (Å²) in [5.74, 6) is -0.435. The molecule has 0 saturated carbocycles. The number of anilines is 2. The minimum absolute atomic E-state index is 0.0172. The Balaban J connectivity index is 1.68. The van der Waals surface area contributed by atoms with Crippen molar-refractivity contribution in [1.82, 2.24) is 0 Å². The summed E-state index contributed by atoms with van der Waals surface area (Å²) in [5, 5.41) is 14.9. The van der Waals surface area contributed by atoms with Crippen LogP contribution in [0.5, 0.6) is 0 Å². The lowest BCUT2D eigenvalue weighted by Crippen LogP contribution is -2.22. The van der Waals surface area contributed by atoms with Crippen molar-refractivity contribution in [2.75, 3.05) is 17.2 Å². The molecule has 3 rings (SSSR count). The van der Waals surface area contributed by atoms with Gasteiger partial charge in [0.15, 0.2) is 5.78 Å². The molecule has 1 amide bonds. The summed E-state index contributed by atoms with van der Waals surface area (Å²) in [6.07, 6.45) is 0.324. The Hall–Kier alpha value is -3.62. The molecule has 0 radical (unpaired) electrons. The quantitative estimate of drug-likeness (QED) is 0.561. The number of ketones is 1. The van der Waals surface area contributed by atoms with Gasteiger partial charge in [-0.2, -0.15) is 5.26 Å². The number of carbonyl (C=O) groups excluding carboxylic acids is 2. The SMILES string of the molecule is N#CCc1ccc(NC(=O)CNc2ccc(Cl)cc2C(=O)c2ccccc2)cc1. The van der Waals surface area contributed by atoms with Gasteiger partial charge in [0.2, 0.25) is 5.91 Å². The molecule has 6 heteroatoms. The van der Waals surface area contributed by atoms with E-state index in [1.807, 2.05) is 6.07 Å². The third-order valence-corrected chi connectivity index (χ3v) is 4.46. The van der Waals surface area contributed by atoms with Gasteiger partial charge in [-0.25, -0.2) is 0 Å². The molecule has 3 aromatic carbocycles. The van der Waals surface area contributed by atoms with E-state index >= 15 is 0 Å². The van der Waals surface area contributed by atoms with Crippen molar-refractivity contribution in [1.29, 1.82) is 5.26 Å². The van der Waals surface area contributed by atoms with Gasteiger partial charge in [0.1, 0.15) is 0 Å². The number of nitrogens with zero attached hydrogens (tertiary/aromatic N) is 1. The van der Waals surface area contributed by atoms with Gasteiger partial charge in [-0.3, -0.25) is 9.59 Å². The van der Waals surface area contributed by atoms with Gasteiger partial charge in [0.05, 0.1) is 19.0 Å². The molecule has 2 N–H and O–H groups in total. The lowest BCUT2D eigenvalue weighted by Gasteiger charge is -2.12. The second-order valence-electron chi connectivity index (χ2n) is 6.32. The first kappa shape index (κ1) is 20.1. The van der Waals surface area contributed by atoms with Crippen molar-refractivity contribution in [2.45, 2.75) is 6.42 Å². The fraction of sp³-hybridized carbons (Fsp3) is 0.0870. The van der Waals surface area contributed by atoms with E-state index in [0.717, 1.165) is 5.56 Å². The molecule has 144 valence electrons. The van der Waals surface area contributed by atoms with Gasteiger partial charge < -0.3 is 10.6 Å². The maximum Gasteiger partial charge on any atom is 0.243 e. The zero-order chi connectivity index (χ0) is 20.6. The van der Waals surface area contributed by atoms with Crippen LogP contribution in [0.2, 0.25) is 5.02 Å². The number of halogens is 1. The summed E-state index contributed by atoms with van der Waals surface area (Å²) in [5.41, 5.74) is 2.99. The van der Waals surface area contributed by atoms with Crippen LogP contribution in [0.25, 0.3) is 0 Å². The normalized spacial score (nSPS) is 10.1.